The molecule has 0 saturated carbocycles. The van der Waals surface area contributed by atoms with Crippen molar-refractivity contribution in [1.82, 2.24) is 19.8 Å². The van der Waals surface area contributed by atoms with E-state index < -0.39 is 0 Å². The van der Waals surface area contributed by atoms with E-state index in [1.54, 1.807) is 6.20 Å². The highest BCUT2D eigenvalue weighted by Crippen LogP contribution is 2.39. The quantitative estimate of drug-likeness (QED) is 0.270. The third kappa shape index (κ3) is 5.38. The molecule has 0 aliphatic carbocycles. The molecule has 2 unspecified atom stereocenters. The molecule has 0 bridgehead atoms. The molecule has 1 fully saturated rings. The van der Waals surface area contributed by atoms with Crippen molar-refractivity contribution in [3.05, 3.63) is 113 Å². The first-order chi connectivity index (χ1) is 18.0. The number of nitrogens with one attached hydrogen (secondary N) is 2. The van der Waals surface area contributed by atoms with Gasteiger partial charge in [0.25, 0.3) is 0 Å². The van der Waals surface area contributed by atoms with Gasteiger partial charge in [-0.15, -0.1) is 0 Å². The van der Waals surface area contributed by atoms with Crippen LogP contribution in [-0.4, -0.2) is 32.0 Å². The number of rotatable bonds is 8. The SMILES string of the molecule is CCc1ccccc1NC(=O)CCN1C(=S)NC(c2ccccn2)C1c1cccn1-c1cccc(Cl)c1. The van der Waals surface area contributed by atoms with Crippen LogP contribution in [0.1, 0.15) is 42.4 Å². The van der Waals surface area contributed by atoms with Crippen molar-refractivity contribution < 1.29 is 4.79 Å². The smallest absolute Gasteiger partial charge is 0.226 e. The van der Waals surface area contributed by atoms with Crippen LogP contribution >= 0.6 is 23.8 Å². The van der Waals surface area contributed by atoms with Crippen LogP contribution in [0, 0.1) is 0 Å². The second kappa shape index (κ2) is 11.2. The van der Waals surface area contributed by atoms with Crippen molar-refractivity contribution in [3.63, 3.8) is 0 Å². The second-order valence-corrected chi connectivity index (χ2v) is 9.73. The fourth-order valence-corrected chi connectivity index (χ4v) is 5.37. The highest BCUT2D eigenvalue weighted by atomic mass is 35.5. The maximum absolute atomic E-state index is 13.0. The van der Waals surface area contributed by atoms with E-state index >= 15 is 0 Å². The summed E-state index contributed by atoms with van der Waals surface area (Å²) in [4.78, 5) is 19.7. The standard InChI is InChI=1S/C29H28ClN5OS/c1-2-20-9-3-4-12-23(20)32-26(36)15-18-35-28(27(33-29(35)37)24-13-5-6-16-31-24)25-14-8-17-34(25)22-11-7-10-21(30)19-22/h3-14,16-17,19,27-28H,2,15,18H2,1H3,(H,32,36)(H,33,37). The van der Waals surface area contributed by atoms with Crippen LogP contribution in [-0.2, 0) is 11.2 Å². The van der Waals surface area contributed by atoms with Gasteiger partial charge in [-0.25, -0.2) is 0 Å². The average Bonchev–Trinajstić information content (AvgIpc) is 3.52. The number of nitrogens with zero attached hydrogens (tertiary/aromatic N) is 3. The Bertz CT molecular complexity index is 1410. The number of aromatic nitrogens is 2. The summed E-state index contributed by atoms with van der Waals surface area (Å²) in [6.07, 6.45) is 4.95. The molecule has 2 N–H and O–H groups in total. The molecule has 37 heavy (non-hydrogen) atoms. The van der Waals surface area contributed by atoms with Gasteiger partial charge in [0.1, 0.15) is 0 Å². The van der Waals surface area contributed by atoms with E-state index in [0.29, 0.717) is 23.1 Å². The third-order valence-electron chi connectivity index (χ3n) is 6.62. The molecule has 8 heteroatoms. The number of pyridine rings is 1. The van der Waals surface area contributed by atoms with E-state index in [9.17, 15) is 4.79 Å². The molecule has 188 valence electrons. The minimum absolute atomic E-state index is 0.0473. The molecule has 0 radical (unpaired) electrons. The van der Waals surface area contributed by atoms with Crippen LogP contribution in [0.5, 0.6) is 0 Å². The summed E-state index contributed by atoms with van der Waals surface area (Å²) in [5.74, 6) is -0.0473. The second-order valence-electron chi connectivity index (χ2n) is 8.91. The molecule has 2 aromatic carbocycles. The normalized spacial score (nSPS) is 17.0. The Hall–Kier alpha value is -3.68. The Balaban J connectivity index is 1.44. The lowest BCUT2D eigenvalue weighted by molar-refractivity contribution is -0.116. The number of para-hydroxylation sites is 1. The van der Waals surface area contributed by atoms with Crippen molar-refractivity contribution in [1.29, 1.82) is 0 Å². The zero-order valence-corrected chi connectivity index (χ0v) is 22.0. The van der Waals surface area contributed by atoms with E-state index in [-0.39, 0.29) is 18.0 Å². The van der Waals surface area contributed by atoms with Crippen LogP contribution in [0.15, 0.2) is 91.3 Å². The first kappa shape index (κ1) is 25.0. The summed E-state index contributed by atoms with van der Waals surface area (Å²) in [5.41, 5.74) is 4.84. The van der Waals surface area contributed by atoms with E-state index in [4.69, 9.17) is 23.8 Å². The maximum Gasteiger partial charge on any atom is 0.226 e. The molecule has 5 rings (SSSR count). The first-order valence-corrected chi connectivity index (χ1v) is 13.1. The van der Waals surface area contributed by atoms with Crippen molar-refractivity contribution in [2.24, 2.45) is 0 Å². The number of hydrogen-bond acceptors (Lipinski definition) is 3. The first-order valence-electron chi connectivity index (χ1n) is 12.3. The number of aryl methyl sites for hydroxylation is 1. The fourth-order valence-electron chi connectivity index (χ4n) is 4.85. The topological polar surface area (TPSA) is 62.2 Å². The van der Waals surface area contributed by atoms with Crippen LogP contribution in [0.2, 0.25) is 5.02 Å². The molecule has 2 aromatic heterocycles. The Kier molecular flexibility index (Phi) is 7.53. The zero-order chi connectivity index (χ0) is 25.8. The highest BCUT2D eigenvalue weighted by Gasteiger charge is 2.41. The fraction of sp³-hybridized carbons (Fsp3) is 0.207. The number of halogens is 1. The Morgan fingerprint density at radius 1 is 1.08 bits per heavy atom. The third-order valence-corrected chi connectivity index (χ3v) is 7.21. The van der Waals surface area contributed by atoms with E-state index in [1.165, 1.54) is 0 Å². The Morgan fingerprint density at radius 2 is 1.92 bits per heavy atom. The van der Waals surface area contributed by atoms with Crippen molar-refractivity contribution >= 4 is 40.5 Å². The minimum atomic E-state index is -0.176. The van der Waals surface area contributed by atoms with E-state index in [2.05, 4.69) is 38.1 Å². The van der Waals surface area contributed by atoms with Gasteiger partial charge in [0.05, 0.1) is 17.8 Å². The van der Waals surface area contributed by atoms with Gasteiger partial charge in [-0.2, -0.15) is 0 Å². The molecule has 1 amide bonds. The molecule has 6 nitrogen and oxygen atoms in total. The van der Waals surface area contributed by atoms with Crippen molar-refractivity contribution in [2.45, 2.75) is 31.8 Å². The van der Waals surface area contributed by atoms with Crippen LogP contribution < -0.4 is 10.6 Å². The molecule has 2 atom stereocenters. The highest BCUT2D eigenvalue weighted by molar-refractivity contribution is 7.80. The number of hydrogen-bond donors (Lipinski definition) is 2. The minimum Gasteiger partial charge on any atom is -0.352 e. The monoisotopic (exact) mass is 529 g/mol. The van der Waals surface area contributed by atoms with Gasteiger partial charge in [0.2, 0.25) is 5.91 Å². The van der Waals surface area contributed by atoms with Crippen LogP contribution in [0.4, 0.5) is 5.69 Å². The van der Waals surface area contributed by atoms with Crippen molar-refractivity contribution in [3.8, 4) is 5.69 Å². The predicted molar refractivity (Wildman–Crippen MR) is 152 cm³/mol. The lowest BCUT2D eigenvalue weighted by Gasteiger charge is -2.29. The average molecular weight is 530 g/mol. The molecule has 3 heterocycles. The summed E-state index contributed by atoms with van der Waals surface area (Å²) >= 11 is 12.1. The van der Waals surface area contributed by atoms with Gasteiger partial charge < -0.3 is 20.1 Å². The van der Waals surface area contributed by atoms with Gasteiger partial charge in [-0.05, 0) is 72.7 Å². The van der Waals surface area contributed by atoms with Gasteiger partial charge in [0.15, 0.2) is 5.11 Å². The largest absolute Gasteiger partial charge is 0.352 e. The summed E-state index contributed by atoms with van der Waals surface area (Å²) in [6, 6.07) is 25.3. The number of amides is 1. The summed E-state index contributed by atoms with van der Waals surface area (Å²) in [5, 5.41) is 7.80. The van der Waals surface area contributed by atoms with Gasteiger partial charge >= 0.3 is 0 Å². The lowest BCUT2D eigenvalue weighted by Crippen LogP contribution is -2.33. The molecule has 1 aliphatic rings. The Labute approximate surface area is 227 Å². The number of carbonyl (C=O) groups is 1. The van der Waals surface area contributed by atoms with Gasteiger partial charge in [0, 0.05) is 47.5 Å². The Morgan fingerprint density at radius 3 is 2.70 bits per heavy atom. The molecule has 0 spiro atoms. The molecule has 4 aromatic rings. The van der Waals surface area contributed by atoms with Crippen molar-refractivity contribution in [2.75, 3.05) is 11.9 Å². The lowest BCUT2D eigenvalue weighted by atomic mass is 10.0. The zero-order valence-electron chi connectivity index (χ0n) is 20.5. The van der Waals surface area contributed by atoms with E-state index in [1.807, 2.05) is 79.0 Å². The summed E-state index contributed by atoms with van der Waals surface area (Å²) in [6.45, 7) is 2.54. The molecule has 1 saturated heterocycles. The van der Waals surface area contributed by atoms with E-state index in [0.717, 1.165) is 34.7 Å². The van der Waals surface area contributed by atoms with Crippen LogP contribution in [0.25, 0.3) is 5.69 Å². The number of anilines is 1. The summed E-state index contributed by atoms with van der Waals surface area (Å²) < 4.78 is 2.12. The van der Waals surface area contributed by atoms with Gasteiger partial charge in [-0.3, -0.25) is 9.78 Å². The molecular weight excluding hydrogens is 502 g/mol. The predicted octanol–water partition coefficient (Wildman–Crippen LogP) is 6.09. The number of thiocarbonyl (C=S) groups is 1. The molecule has 1 aliphatic heterocycles. The van der Waals surface area contributed by atoms with Crippen LogP contribution in [0.3, 0.4) is 0 Å². The number of carbonyl (C=O) groups excluding carboxylic acids is 1. The number of benzene rings is 2. The molecular formula is C29H28ClN5OS. The van der Waals surface area contributed by atoms with Gasteiger partial charge in [-0.1, -0.05) is 48.9 Å². The summed E-state index contributed by atoms with van der Waals surface area (Å²) in [7, 11) is 0. The maximum atomic E-state index is 13.0.